The second-order valence-electron chi connectivity index (χ2n) is 4.05. The number of likely N-dealkylation sites (tertiary alicyclic amines) is 1. The van der Waals surface area contributed by atoms with Gasteiger partial charge in [-0.3, -0.25) is 0 Å². The Bertz CT molecular complexity index is 342. The van der Waals surface area contributed by atoms with Crippen molar-refractivity contribution in [2.75, 3.05) is 13.1 Å². The van der Waals surface area contributed by atoms with Crippen molar-refractivity contribution in [3.63, 3.8) is 0 Å². The fourth-order valence-corrected chi connectivity index (χ4v) is 1.57. The van der Waals surface area contributed by atoms with Crippen molar-refractivity contribution < 1.29 is 4.39 Å². The molecule has 0 aromatic rings. The van der Waals surface area contributed by atoms with Crippen LogP contribution in [0.5, 0.6) is 0 Å². The molecule has 1 saturated heterocycles. The van der Waals surface area contributed by atoms with Crippen LogP contribution in [0.25, 0.3) is 0 Å². The summed E-state index contributed by atoms with van der Waals surface area (Å²) in [6.07, 6.45) is 2.91. The van der Waals surface area contributed by atoms with E-state index in [1.165, 1.54) is 6.08 Å². The lowest BCUT2D eigenvalue weighted by Crippen LogP contribution is -2.42. The standard InChI is InChI=1S/C11H17FN4/c1-8-4-5-16(7-10(8)12)11(15)3-2-9(14)6-13/h2-3,8,10H,4-5,7,14-15H2,1H3/b9-2-,11-3+. The van der Waals surface area contributed by atoms with E-state index >= 15 is 0 Å². The van der Waals surface area contributed by atoms with Crippen LogP contribution in [0, 0.1) is 17.2 Å². The number of piperidine rings is 1. The zero-order valence-electron chi connectivity index (χ0n) is 9.36. The minimum Gasteiger partial charge on any atom is -0.390 e. The molecule has 0 radical (unpaired) electrons. The third-order valence-electron chi connectivity index (χ3n) is 2.79. The summed E-state index contributed by atoms with van der Waals surface area (Å²) in [7, 11) is 0. The van der Waals surface area contributed by atoms with E-state index in [1.807, 2.05) is 6.92 Å². The van der Waals surface area contributed by atoms with Gasteiger partial charge in [0.05, 0.1) is 12.4 Å². The zero-order chi connectivity index (χ0) is 12.1. The molecule has 1 rings (SSSR count). The number of halogens is 1. The molecule has 2 atom stereocenters. The van der Waals surface area contributed by atoms with Crippen molar-refractivity contribution in [1.29, 1.82) is 5.26 Å². The Morgan fingerprint density at radius 2 is 2.19 bits per heavy atom. The van der Waals surface area contributed by atoms with Gasteiger partial charge in [-0.2, -0.15) is 5.26 Å². The van der Waals surface area contributed by atoms with Crippen LogP contribution in [0.3, 0.4) is 0 Å². The summed E-state index contributed by atoms with van der Waals surface area (Å²) >= 11 is 0. The normalized spacial score (nSPS) is 27.7. The maximum Gasteiger partial charge on any atom is 0.120 e. The molecule has 0 saturated carbocycles. The van der Waals surface area contributed by atoms with Gasteiger partial charge in [-0.25, -0.2) is 4.39 Å². The Morgan fingerprint density at radius 1 is 1.50 bits per heavy atom. The third kappa shape index (κ3) is 3.16. The van der Waals surface area contributed by atoms with Gasteiger partial charge in [-0.05, 0) is 24.5 Å². The van der Waals surface area contributed by atoms with Gasteiger partial charge in [0.25, 0.3) is 0 Å². The molecule has 4 nitrogen and oxygen atoms in total. The average molecular weight is 224 g/mol. The van der Waals surface area contributed by atoms with E-state index in [4.69, 9.17) is 16.7 Å². The van der Waals surface area contributed by atoms with E-state index in [2.05, 4.69) is 0 Å². The summed E-state index contributed by atoms with van der Waals surface area (Å²) in [5.41, 5.74) is 11.2. The van der Waals surface area contributed by atoms with Crippen molar-refractivity contribution in [2.24, 2.45) is 17.4 Å². The highest BCUT2D eigenvalue weighted by atomic mass is 19.1. The van der Waals surface area contributed by atoms with Crippen LogP contribution in [-0.4, -0.2) is 24.2 Å². The van der Waals surface area contributed by atoms with Gasteiger partial charge in [-0.1, -0.05) is 6.92 Å². The number of alkyl halides is 1. The molecular weight excluding hydrogens is 207 g/mol. The summed E-state index contributed by atoms with van der Waals surface area (Å²) in [5, 5.41) is 8.45. The van der Waals surface area contributed by atoms with Crippen molar-refractivity contribution in [3.05, 3.63) is 23.7 Å². The largest absolute Gasteiger partial charge is 0.390 e. The Kier molecular flexibility index (Phi) is 4.18. The number of nitrogens with zero attached hydrogens (tertiary/aromatic N) is 2. The van der Waals surface area contributed by atoms with Gasteiger partial charge >= 0.3 is 0 Å². The van der Waals surface area contributed by atoms with Gasteiger partial charge < -0.3 is 16.4 Å². The van der Waals surface area contributed by atoms with E-state index < -0.39 is 6.17 Å². The predicted octanol–water partition coefficient (Wildman–Crippen LogP) is 0.833. The molecule has 0 amide bonds. The van der Waals surface area contributed by atoms with E-state index in [0.29, 0.717) is 12.4 Å². The SMILES string of the molecule is CC1CCN(/C(N)=C/C=C(\N)C#N)CC1F. The summed E-state index contributed by atoms with van der Waals surface area (Å²) in [6, 6.07) is 1.79. The fraction of sp³-hybridized carbons (Fsp3) is 0.545. The highest BCUT2D eigenvalue weighted by Gasteiger charge is 2.25. The molecule has 2 unspecified atom stereocenters. The average Bonchev–Trinajstić information content (AvgIpc) is 2.29. The molecule has 4 N–H and O–H groups in total. The van der Waals surface area contributed by atoms with Crippen LogP contribution >= 0.6 is 0 Å². The Balaban J connectivity index is 2.62. The van der Waals surface area contributed by atoms with E-state index in [-0.39, 0.29) is 11.6 Å². The van der Waals surface area contributed by atoms with Crippen molar-refractivity contribution in [2.45, 2.75) is 19.5 Å². The molecule has 0 aliphatic carbocycles. The number of allylic oxidation sites excluding steroid dienone is 3. The highest BCUT2D eigenvalue weighted by molar-refractivity contribution is 5.23. The summed E-state index contributed by atoms with van der Waals surface area (Å²) < 4.78 is 13.4. The molecule has 88 valence electrons. The van der Waals surface area contributed by atoms with Crippen molar-refractivity contribution in [1.82, 2.24) is 4.90 Å². The minimum absolute atomic E-state index is 0.0868. The van der Waals surface area contributed by atoms with Crippen molar-refractivity contribution in [3.8, 4) is 6.07 Å². The fourth-order valence-electron chi connectivity index (χ4n) is 1.57. The number of nitriles is 1. The molecule has 16 heavy (non-hydrogen) atoms. The topological polar surface area (TPSA) is 79.1 Å². The Morgan fingerprint density at radius 3 is 2.75 bits per heavy atom. The minimum atomic E-state index is -0.849. The second-order valence-corrected chi connectivity index (χ2v) is 4.05. The van der Waals surface area contributed by atoms with Gasteiger partial charge in [-0.15, -0.1) is 0 Å². The molecule has 1 aliphatic heterocycles. The van der Waals surface area contributed by atoms with Crippen molar-refractivity contribution >= 4 is 0 Å². The van der Waals surface area contributed by atoms with Gasteiger partial charge in [0.1, 0.15) is 17.9 Å². The first-order valence-electron chi connectivity index (χ1n) is 5.26. The predicted molar refractivity (Wildman–Crippen MR) is 60.4 cm³/mol. The number of rotatable bonds is 2. The summed E-state index contributed by atoms with van der Waals surface area (Å²) in [4.78, 5) is 1.77. The van der Waals surface area contributed by atoms with Crippen LogP contribution in [0.2, 0.25) is 0 Å². The Labute approximate surface area is 95.0 Å². The second kappa shape index (κ2) is 5.40. The van der Waals surface area contributed by atoms with Gasteiger partial charge in [0.2, 0.25) is 0 Å². The molecule has 1 fully saturated rings. The lowest BCUT2D eigenvalue weighted by atomic mass is 9.97. The van der Waals surface area contributed by atoms with Gasteiger partial charge in [0.15, 0.2) is 0 Å². The number of hydrogen-bond acceptors (Lipinski definition) is 4. The number of nitrogens with two attached hydrogens (primary N) is 2. The first-order chi connectivity index (χ1) is 7.54. The molecule has 0 aromatic heterocycles. The number of hydrogen-bond donors (Lipinski definition) is 2. The maximum atomic E-state index is 13.4. The maximum absolute atomic E-state index is 13.4. The quantitative estimate of drug-likeness (QED) is 0.538. The van der Waals surface area contributed by atoms with Crippen LogP contribution in [0.15, 0.2) is 23.7 Å². The van der Waals surface area contributed by atoms with Crippen LogP contribution < -0.4 is 11.5 Å². The lowest BCUT2D eigenvalue weighted by Gasteiger charge is -2.34. The summed E-state index contributed by atoms with van der Waals surface area (Å²) in [6.45, 7) is 2.95. The molecule has 0 bridgehead atoms. The molecule has 0 aromatic carbocycles. The molecular formula is C11H17FN4. The van der Waals surface area contributed by atoms with E-state index in [0.717, 1.165) is 13.0 Å². The van der Waals surface area contributed by atoms with Crippen LogP contribution in [0.4, 0.5) is 4.39 Å². The molecule has 1 heterocycles. The lowest BCUT2D eigenvalue weighted by molar-refractivity contribution is 0.116. The van der Waals surface area contributed by atoms with Crippen LogP contribution in [-0.2, 0) is 0 Å². The smallest absolute Gasteiger partial charge is 0.120 e. The first-order valence-corrected chi connectivity index (χ1v) is 5.26. The Hall–Kier alpha value is -1.70. The zero-order valence-corrected chi connectivity index (χ0v) is 9.36. The molecule has 0 spiro atoms. The molecule has 5 heteroatoms. The monoisotopic (exact) mass is 224 g/mol. The third-order valence-corrected chi connectivity index (χ3v) is 2.79. The van der Waals surface area contributed by atoms with Gasteiger partial charge in [0, 0.05) is 6.54 Å². The van der Waals surface area contributed by atoms with E-state index in [9.17, 15) is 4.39 Å². The first kappa shape index (κ1) is 12.4. The summed E-state index contributed by atoms with van der Waals surface area (Å²) in [5.74, 6) is 0.538. The van der Waals surface area contributed by atoms with E-state index in [1.54, 1.807) is 17.0 Å². The highest BCUT2D eigenvalue weighted by Crippen LogP contribution is 2.21. The van der Waals surface area contributed by atoms with Crippen LogP contribution in [0.1, 0.15) is 13.3 Å². The molecule has 1 aliphatic rings.